The summed E-state index contributed by atoms with van der Waals surface area (Å²) in [4.78, 5) is 13.0. The number of anilines is 3. The molecule has 0 amide bonds. The second-order valence-corrected chi connectivity index (χ2v) is 5.89. The fourth-order valence-electron chi connectivity index (χ4n) is 2.91. The molecule has 6 heteroatoms. The quantitative estimate of drug-likeness (QED) is 0.875. The highest BCUT2D eigenvalue weighted by Gasteiger charge is 2.21. The molecule has 1 aliphatic heterocycles. The van der Waals surface area contributed by atoms with Gasteiger partial charge in [-0.3, -0.25) is 4.90 Å². The minimum atomic E-state index is 0.305. The lowest BCUT2D eigenvalue weighted by Gasteiger charge is -2.39. The third kappa shape index (κ3) is 4.10. The van der Waals surface area contributed by atoms with Crippen molar-refractivity contribution in [2.24, 2.45) is 0 Å². The zero-order chi connectivity index (χ0) is 16.1. The van der Waals surface area contributed by atoms with Gasteiger partial charge in [0.2, 0.25) is 5.95 Å². The molecule has 1 aromatic carbocycles. The molecule has 1 atom stereocenters. The molecule has 3 rings (SSSR count). The summed E-state index contributed by atoms with van der Waals surface area (Å²) in [6.07, 6.45) is 1.67. The molecule has 0 saturated carbocycles. The Morgan fingerprint density at radius 1 is 1.13 bits per heavy atom. The van der Waals surface area contributed by atoms with Crippen molar-refractivity contribution in [3.63, 3.8) is 0 Å². The lowest BCUT2D eigenvalue weighted by atomic mass is 10.2. The van der Waals surface area contributed by atoms with Gasteiger partial charge in [-0.2, -0.15) is 4.98 Å². The van der Waals surface area contributed by atoms with Gasteiger partial charge < -0.3 is 16.0 Å². The van der Waals surface area contributed by atoms with E-state index in [1.807, 2.05) is 6.07 Å². The lowest BCUT2D eigenvalue weighted by molar-refractivity contribution is 0.204. The molecule has 0 aliphatic carbocycles. The van der Waals surface area contributed by atoms with Crippen molar-refractivity contribution in [3.05, 3.63) is 42.6 Å². The van der Waals surface area contributed by atoms with Crippen LogP contribution in [0.2, 0.25) is 0 Å². The van der Waals surface area contributed by atoms with Crippen molar-refractivity contribution in [2.75, 3.05) is 48.7 Å². The molecule has 1 aliphatic rings. The average molecular weight is 312 g/mol. The van der Waals surface area contributed by atoms with Crippen molar-refractivity contribution in [1.82, 2.24) is 14.9 Å². The molecule has 0 bridgehead atoms. The number of para-hydroxylation sites is 1. The number of piperazine rings is 1. The number of nitrogens with two attached hydrogens (primary N) is 1. The number of nitrogens with one attached hydrogen (secondary N) is 1. The van der Waals surface area contributed by atoms with E-state index in [9.17, 15) is 0 Å². The third-order valence-electron chi connectivity index (χ3n) is 4.31. The SMILES string of the molecule is CC(CNc1ccnc(N)n1)N1CCN(c2ccccc2)CC1. The van der Waals surface area contributed by atoms with Gasteiger partial charge in [0.25, 0.3) is 0 Å². The van der Waals surface area contributed by atoms with E-state index in [4.69, 9.17) is 5.73 Å². The van der Waals surface area contributed by atoms with Gasteiger partial charge in [-0.15, -0.1) is 0 Å². The van der Waals surface area contributed by atoms with Crippen LogP contribution in [-0.4, -0.2) is 53.6 Å². The van der Waals surface area contributed by atoms with E-state index >= 15 is 0 Å². The zero-order valence-electron chi connectivity index (χ0n) is 13.5. The number of benzene rings is 1. The number of hydrogen-bond donors (Lipinski definition) is 2. The second kappa shape index (κ2) is 7.28. The van der Waals surface area contributed by atoms with Crippen LogP contribution in [0.15, 0.2) is 42.6 Å². The molecule has 2 aromatic rings. The van der Waals surface area contributed by atoms with Crippen LogP contribution in [0.1, 0.15) is 6.92 Å². The number of hydrogen-bond acceptors (Lipinski definition) is 6. The Kier molecular flexibility index (Phi) is 4.92. The fourth-order valence-corrected chi connectivity index (χ4v) is 2.91. The monoisotopic (exact) mass is 312 g/mol. The molecule has 1 aromatic heterocycles. The van der Waals surface area contributed by atoms with E-state index in [1.54, 1.807) is 6.20 Å². The van der Waals surface area contributed by atoms with E-state index < -0.39 is 0 Å². The molecule has 2 heterocycles. The highest BCUT2D eigenvalue weighted by Crippen LogP contribution is 2.16. The summed E-state index contributed by atoms with van der Waals surface area (Å²) in [5.41, 5.74) is 6.91. The van der Waals surface area contributed by atoms with Gasteiger partial charge in [-0.25, -0.2) is 4.98 Å². The van der Waals surface area contributed by atoms with Gasteiger partial charge in [0.15, 0.2) is 0 Å². The van der Waals surface area contributed by atoms with E-state index in [-0.39, 0.29) is 0 Å². The molecule has 0 radical (unpaired) electrons. The minimum absolute atomic E-state index is 0.305. The molecular weight excluding hydrogens is 288 g/mol. The Balaban J connectivity index is 1.47. The van der Waals surface area contributed by atoms with E-state index in [0.29, 0.717) is 12.0 Å². The van der Waals surface area contributed by atoms with Crippen LogP contribution < -0.4 is 16.0 Å². The Hall–Kier alpha value is -2.34. The molecule has 3 N–H and O–H groups in total. The summed E-state index contributed by atoms with van der Waals surface area (Å²) in [6.45, 7) is 7.37. The number of nitrogen functional groups attached to an aromatic ring is 1. The molecule has 0 spiro atoms. The van der Waals surface area contributed by atoms with Crippen molar-refractivity contribution >= 4 is 17.5 Å². The standard InChI is InChI=1S/C17H24N6/c1-14(13-20-16-7-8-19-17(18)21-16)22-9-11-23(12-10-22)15-5-3-2-4-6-15/h2-8,14H,9-13H2,1H3,(H3,18,19,20,21). The maximum absolute atomic E-state index is 5.60. The first-order valence-electron chi connectivity index (χ1n) is 8.09. The maximum Gasteiger partial charge on any atom is 0.221 e. The summed E-state index contributed by atoms with van der Waals surface area (Å²) in [5.74, 6) is 1.09. The summed E-state index contributed by atoms with van der Waals surface area (Å²) in [5, 5.41) is 3.34. The van der Waals surface area contributed by atoms with E-state index in [1.165, 1.54) is 5.69 Å². The first-order valence-corrected chi connectivity index (χ1v) is 8.09. The predicted molar refractivity (Wildman–Crippen MR) is 94.6 cm³/mol. The van der Waals surface area contributed by atoms with Gasteiger partial charge in [0.1, 0.15) is 5.82 Å². The van der Waals surface area contributed by atoms with Crippen LogP contribution in [0.4, 0.5) is 17.5 Å². The number of aromatic nitrogens is 2. The topological polar surface area (TPSA) is 70.3 Å². The van der Waals surface area contributed by atoms with E-state index in [2.05, 4.69) is 62.3 Å². The minimum Gasteiger partial charge on any atom is -0.369 e. The highest BCUT2D eigenvalue weighted by molar-refractivity contribution is 5.46. The molecule has 23 heavy (non-hydrogen) atoms. The summed E-state index contributed by atoms with van der Waals surface area (Å²) >= 11 is 0. The van der Waals surface area contributed by atoms with E-state index in [0.717, 1.165) is 38.5 Å². The van der Waals surface area contributed by atoms with Gasteiger partial charge in [-0.05, 0) is 25.1 Å². The number of nitrogens with zero attached hydrogens (tertiary/aromatic N) is 4. The maximum atomic E-state index is 5.60. The van der Waals surface area contributed by atoms with Crippen LogP contribution >= 0.6 is 0 Å². The average Bonchev–Trinajstić information content (AvgIpc) is 2.61. The fraction of sp³-hybridized carbons (Fsp3) is 0.412. The third-order valence-corrected chi connectivity index (χ3v) is 4.31. The summed E-state index contributed by atoms with van der Waals surface area (Å²) in [7, 11) is 0. The van der Waals surface area contributed by atoms with Crippen LogP contribution in [0, 0.1) is 0 Å². The molecule has 6 nitrogen and oxygen atoms in total. The number of rotatable bonds is 5. The zero-order valence-corrected chi connectivity index (χ0v) is 13.5. The smallest absolute Gasteiger partial charge is 0.221 e. The molecular formula is C17H24N6. The Morgan fingerprint density at radius 2 is 1.87 bits per heavy atom. The van der Waals surface area contributed by atoms with Crippen LogP contribution in [0.5, 0.6) is 0 Å². The Morgan fingerprint density at radius 3 is 2.57 bits per heavy atom. The summed E-state index contributed by atoms with van der Waals surface area (Å²) < 4.78 is 0. The van der Waals surface area contributed by atoms with Crippen LogP contribution in [-0.2, 0) is 0 Å². The van der Waals surface area contributed by atoms with Gasteiger partial charge in [0.05, 0.1) is 0 Å². The van der Waals surface area contributed by atoms with Gasteiger partial charge in [0, 0.05) is 50.6 Å². The largest absolute Gasteiger partial charge is 0.369 e. The van der Waals surface area contributed by atoms with Crippen LogP contribution in [0.3, 0.4) is 0 Å². The van der Waals surface area contributed by atoms with Crippen molar-refractivity contribution in [3.8, 4) is 0 Å². The van der Waals surface area contributed by atoms with Crippen molar-refractivity contribution < 1.29 is 0 Å². The Labute approximate surface area is 137 Å². The lowest BCUT2D eigenvalue weighted by Crippen LogP contribution is -2.51. The summed E-state index contributed by atoms with van der Waals surface area (Å²) in [6, 6.07) is 12.9. The Bertz CT molecular complexity index is 609. The van der Waals surface area contributed by atoms with Crippen molar-refractivity contribution in [2.45, 2.75) is 13.0 Å². The van der Waals surface area contributed by atoms with Gasteiger partial charge in [-0.1, -0.05) is 18.2 Å². The van der Waals surface area contributed by atoms with Gasteiger partial charge >= 0.3 is 0 Å². The van der Waals surface area contributed by atoms with Crippen LogP contribution in [0.25, 0.3) is 0 Å². The second-order valence-electron chi connectivity index (χ2n) is 5.89. The van der Waals surface area contributed by atoms with Crippen molar-refractivity contribution in [1.29, 1.82) is 0 Å². The highest BCUT2D eigenvalue weighted by atomic mass is 15.3. The first-order chi connectivity index (χ1) is 11.2. The molecule has 122 valence electrons. The molecule has 1 saturated heterocycles. The molecule has 1 fully saturated rings. The normalized spacial score (nSPS) is 17.0. The first kappa shape index (κ1) is 15.6. The predicted octanol–water partition coefficient (Wildman–Crippen LogP) is 1.68. The molecule has 1 unspecified atom stereocenters.